The minimum atomic E-state index is -0.450. The molecule has 0 atom stereocenters. The molecule has 0 aliphatic rings. The SMILES string of the molecule is COc1cc(Cl)c(COc2cccc3c(-n4cc(F)cn4)cc(C)nc23)c(Cn2cccc(C#N)c2=O)n1. The Hall–Kier alpha value is -4.75. The van der Waals surface area contributed by atoms with Crippen LogP contribution in [0.1, 0.15) is 22.5 Å². The topological polar surface area (TPSA) is 108 Å². The van der Waals surface area contributed by atoms with Gasteiger partial charge in [0.25, 0.3) is 5.56 Å². The van der Waals surface area contributed by atoms with Crippen LogP contribution in [0.15, 0.2) is 65.8 Å². The third kappa shape index (κ3) is 4.79. The van der Waals surface area contributed by atoms with Gasteiger partial charge in [-0.05, 0) is 31.2 Å². The number of halogens is 2. The molecule has 0 aliphatic heterocycles. The van der Waals surface area contributed by atoms with E-state index in [4.69, 9.17) is 21.1 Å². The maximum atomic E-state index is 13.7. The average Bonchev–Trinajstić information content (AvgIpc) is 3.34. The van der Waals surface area contributed by atoms with Crippen molar-refractivity contribution in [3.05, 3.63) is 105 Å². The van der Waals surface area contributed by atoms with E-state index in [9.17, 15) is 14.4 Å². The lowest BCUT2D eigenvalue weighted by molar-refractivity contribution is 0.306. The number of aromatic nitrogens is 5. The number of hydrogen-bond acceptors (Lipinski definition) is 7. The van der Waals surface area contributed by atoms with Crippen molar-refractivity contribution in [3.8, 4) is 23.4 Å². The molecule has 4 aromatic heterocycles. The van der Waals surface area contributed by atoms with Crippen molar-refractivity contribution in [2.24, 2.45) is 0 Å². The average molecular weight is 531 g/mol. The van der Waals surface area contributed by atoms with Crippen LogP contribution in [0.3, 0.4) is 0 Å². The molecule has 4 heterocycles. The fourth-order valence-corrected chi connectivity index (χ4v) is 4.34. The summed E-state index contributed by atoms with van der Waals surface area (Å²) in [7, 11) is 1.47. The summed E-state index contributed by atoms with van der Waals surface area (Å²) < 4.78 is 28.0. The molecule has 5 aromatic rings. The summed E-state index contributed by atoms with van der Waals surface area (Å²) in [5.41, 5.74) is 2.48. The third-order valence-electron chi connectivity index (χ3n) is 5.88. The van der Waals surface area contributed by atoms with Gasteiger partial charge in [0, 0.05) is 28.9 Å². The zero-order valence-electron chi connectivity index (χ0n) is 20.4. The third-order valence-corrected chi connectivity index (χ3v) is 6.22. The Kier molecular flexibility index (Phi) is 6.77. The number of fused-ring (bicyclic) bond motifs is 1. The zero-order chi connectivity index (χ0) is 26.8. The van der Waals surface area contributed by atoms with E-state index in [0.29, 0.717) is 38.9 Å². The second-order valence-corrected chi connectivity index (χ2v) is 8.77. The van der Waals surface area contributed by atoms with E-state index < -0.39 is 11.4 Å². The van der Waals surface area contributed by atoms with Gasteiger partial charge in [-0.2, -0.15) is 10.4 Å². The van der Waals surface area contributed by atoms with Gasteiger partial charge in [-0.3, -0.25) is 4.79 Å². The molecule has 190 valence electrons. The second kappa shape index (κ2) is 10.3. The number of hydrogen-bond donors (Lipinski definition) is 0. The molecule has 1 aromatic carbocycles. The fourth-order valence-electron chi connectivity index (χ4n) is 4.08. The van der Waals surface area contributed by atoms with E-state index in [2.05, 4.69) is 15.1 Å². The van der Waals surface area contributed by atoms with Crippen LogP contribution in [0.4, 0.5) is 4.39 Å². The predicted molar refractivity (Wildman–Crippen MR) is 138 cm³/mol. The number of nitrogens with zero attached hydrogens (tertiary/aromatic N) is 6. The largest absolute Gasteiger partial charge is 0.486 e. The number of methoxy groups -OCH3 is 1. The van der Waals surface area contributed by atoms with Gasteiger partial charge in [0.2, 0.25) is 5.88 Å². The number of benzene rings is 1. The molecule has 0 saturated carbocycles. The van der Waals surface area contributed by atoms with Crippen molar-refractivity contribution in [1.29, 1.82) is 5.26 Å². The van der Waals surface area contributed by atoms with E-state index in [1.54, 1.807) is 30.5 Å². The molecule has 0 radical (unpaired) electrons. The molecule has 0 bridgehead atoms. The number of aryl methyl sites for hydroxylation is 1. The fraction of sp³-hybridized carbons (Fsp3) is 0.148. The van der Waals surface area contributed by atoms with Gasteiger partial charge < -0.3 is 14.0 Å². The lowest BCUT2D eigenvalue weighted by Crippen LogP contribution is -2.23. The molecule has 0 N–H and O–H groups in total. The first kappa shape index (κ1) is 24.9. The lowest BCUT2D eigenvalue weighted by Gasteiger charge is -2.16. The Morgan fingerprint density at radius 1 is 1.18 bits per heavy atom. The van der Waals surface area contributed by atoms with E-state index in [1.807, 2.05) is 25.1 Å². The van der Waals surface area contributed by atoms with Gasteiger partial charge in [-0.15, -0.1) is 0 Å². The van der Waals surface area contributed by atoms with Crippen LogP contribution in [-0.4, -0.2) is 31.4 Å². The van der Waals surface area contributed by atoms with Crippen molar-refractivity contribution in [1.82, 2.24) is 24.3 Å². The van der Waals surface area contributed by atoms with Crippen LogP contribution >= 0.6 is 11.6 Å². The first-order chi connectivity index (χ1) is 18.4. The maximum absolute atomic E-state index is 13.7. The highest BCUT2D eigenvalue weighted by atomic mass is 35.5. The van der Waals surface area contributed by atoms with Crippen LogP contribution in [0, 0.1) is 24.1 Å². The highest BCUT2D eigenvalue weighted by Gasteiger charge is 2.17. The van der Waals surface area contributed by atoms with Crippen LogP contribution in [0.2, 0.25) is 5.02 Å². The summed E-state index contributed by atoms with van der Waals surface area (Å²) in [6.45, 7) is 1.89. The zero-order valence-corrected chi connectivity index (χ0v) is 21.1. The Labute approximate surface area is 221 Å². The molecule has 0 saturated heterocycles. The van der Waals surface area contributed by atoms with Gasteiger partial charge in [-0.1, -0.05) is 23.7 Å². The molecule has 9 nitrogen and oxygen atoms in total. The summed E-state index contributed by atoms with van der Waals surface area (Å²) in [5, 5.41) is 14.4. The van der Waals surface area contributed by atoms with Crippen LogP contribution in [0.25, 0.3) is 16.6 Å². The first-order valence-electron chi connectivity index (χ1n) is 11.4. The van der Waals surface area contributed by atoms with Gasteiger partial charge in [-0.25, -0.2) is 19.0 Å². The van der Waals surface area contributed by atoms with Gasteiger partial charge in [0.05, 0.1) is 42.5 Å². The number of para-hydroxylation sites is 1. The van der Waals surface area contributed by atoms with Crippen molar-refractivity contribution in [2.75, 3.05) is 7.11 Å². The summed E-state index contributed by atoms with van der Waals surface area (Å²) in [4.78, 5) is 21.8. The van der Waals surface area contributed by atoms with E-state index >= 15 is 0 Å². The highest BCUT2D eigenvalue weighted by molar-refractivity contribution is 6.31. The Morgan fingerprint density at radius 3 is 2.76 bits per heavy atom. The Balaban J connectivity index is 1.53. The van der Waals surface area contributed by atoms with Crippen molar-refractivity contribution in [3.63, 3.8) is 0 Å². The summed E-state index contributed by atoms with van der Waals surface area (Å²) in [6, 6.07) is 13.8. The molecule has 0 aliphatic carbocycles. The second-order valence-electron chi connectivity index (χ2n) is 8.37. The molecule has 0 spiro atoms. The lowest BCUT2D eigenvalue weighted by atomic mass is 10.1. The van der Waals surface area contributed by atoms with E-state index in [1.165, 1.54) is 28.6 Å². The standard InChI is InChI=1S/C27H20ClFN6O3/c1-16-9-23(35-13-18(29)12-31-35)19-6-3-7-24(26(19)32-16)38-15-20-21(28)10-25(37-2)33-22(20)14-34-8-4-5-17(11-30)27(34)36/h3-10,12-13H,14-15H2,1-2H3. The Morgan fingerprint density at radius 2 is 2.03 bits per heavy atom. The van der Waals surface area contributed by atoms with Crippen LogP contribution in [-0.2, 0) is 13.2 Å². The summed E-state index contributed by atoms with van der Waals surface area (Å²) >= 11 is 6.59. The molecule has 0 unspecified atom stereocenters. The molecule has 11 heteroatoms. The predicted octanol–water partition coefficient (Wildman–Crippen LogP) is 4.59. The maximum Gasteiger partial charge on any atom is 0.268 e. The van der Waals surface area contributed by atoms with Crippen molar-refractivity contribution in [2.45, 2.75) is 20.1 Å². The van der Waals surface area contributed by atoms with Gasteiger partial charge >= 0.3 is 0 Å². The highest BCUT2D eigenvalue weighted by Crippen LogP contribution is 2.31. The minimum Gasteiger partial charge on any atom is -0.486 e. The van der Waals surface area contributed by atoms with E-state index in [0.717, 1.165) is 11.6 Å². The number of rotatable bonds is 7. The van der Waals surface area contributed by atoms with Crippen molar-refractivity contribution >= 4 is 22.5 Å². The summed E-state index contributed by atoms with van der Waals surface area (Å²) in [5.74, 6) is 0.298. The molecule has 0 fully saturated rings. The molecule has 38 heavy (non-hydrogen) atoms. The summed E-state index contributed by atoms with van der Waals surface area (Å²) in [6.07, 6.45) is 4.00. The Bertz CT molecular complexity index is 1780. The molecular formula is C27H20ClFN6O3. The molecular weight excluding hydrogens is 511 g/mol. The number of nitriles is 1. The van der Waals surface area contributed by atoms with Gasteiger partial charge in [0.1, 0.15) is 29.5 Å². The smallest absolute Gasteiger partial charge is 0.268 e. The normalized spacial score (nSPS) is 10.9. The van der Waals surface area contributed by atoms with Gasteiger partial charge in [0.15, 0.2) is 5.82 Å². The number of ether oxygens (including phenoxy) is 2. The monoisotopic (exact) mass is 530 g/mol. The van der Waals surface area contributed by atoms with Crippen molar-refractivity contribution < 1.29 is 13.9 Å². The first-order valence-corrected chi connectivity index (χ1v) is 11.8. The number of pyridine rings is 3. The minimum absolute atomic E-state index is 0.0122. The molecule has 0 amide bonds. The quantitative estimate of drug-likeness (QED) is 0.303. The molecule has 5 rings (SSSR count). The van der Waals surface area contributed by atoms with Crippen LogP contribution in [0.5, 0.6) is 11.6 Å². The van der Waals surface area contributed by atoms with E-state index in [-0.39, 0.29) is 24.6 Å². The van der Waals surface area contributed by atoms with Crippen LogP contribution < -0.4 is 15.0 Å².